The highest BCUT2D eigenvalue weighted by atomic mass is 19.1. The molecule has 1 heterocycles. The van der Waals surface area contributed by atoms with Gasteiger partial charge in [-0.3, -0.25) is 10.1 Å². The lowest BCUT2D eigenvalue weighted by molar-refractivity contribution is -0.385. The Morgan fingerprint density at radius 3 is 2.63 bits per heavy atom. The first-order chi connectivity index (χ1) is 8.88. The van der Waals surface area contributed by atoms with E-state index >= 15 is 0 Å². The predicted octanol–water partition coefficient (Wildman–Crippen LogP) is 3.60. The molecule has 1 fully saturated rings. The molecule has 0 spiro atoms. The van der Waals surface area contributed by atoms with Crippen LogP contribution < -0.4 is 4.90 Å². The molecule has 1 saturated heterocycles. The van der Waals surface area contributed by atoms with E-state index in [9.17, 15) is 14.5 Å². The smallest absolute Gasteiger partial charge is 0.274 e. The molecule has 1 aromatic rings. The maximum atomic E-state index is 13.5. The average Bonchev–Trinajstić information content (AvgIpc) is 2.32. The molecule has 4 nitrogen and oxygen atoms in total. The van der Waals surface area contributed by atoms with Crippen LogP contribution in [0.2, 0.25) is 0 Å². The summed E-state index contributed by atoms with van der Waals surface area (Å²) in [4.78, 5) is 12.3. The quantitative estimate of drug-likeness (QED) is 0.607. The van der Waals surface area contributed by atoms with Crippen molar-refractivity contribution in [2.45, 2.75) is 33.2 Å². The van der Waals surface area contributed by atoms with Crippen molar-refractivity contribution >= 4 is 11.4 Å². The molecule has 3 atom stereocenters. The Bertz CT molecular complexity index is 492. The van der Waals surface area contributed by atoms with Gasteiger partial charge in [-0.25, -0.2) is 4.39 Å². The molecule has 2 rings (SSSR count). The first kappa shape index (κ1) is 13.8. The standard InChI is InChI=1S/C14H19FN2O2/c1-9-4-10(2)11(3)16(8-9)13-5-12(15)6-14(7-13)17(18)19/h5-7,9-11H,4,8H2,1-3H3. The molecule has 1 aliphatic rings. The number of hydrogen-bond acceptors (Lipinski definition) is 3. The molecule has 0 N–H and O–H groups in total. The SMILES string of the molecule is CC1CC(C)C(C)N(c2cc(F)cc([N+](=O)[O-])c2)C1. The van der Waals surface area contributed by atoms with Crippen molar-refractivity contribution in [2.75, 3.05) is 11.4 Å². The third kappa shape index (κ3) is 2.85. The highest BCUT2D eigenvalue weighted by Crippen LogP contribution is 2.33. The molecule has 0 radical (unpaired) electrons. The van der Waals surface area contributed by atoms with Crippen LogP contribution in [0.5, 0.6) is 0 Å². The lowest BCUT2D eigenvalue weighted by Crippen LogP contribution is -2.45. The number of halogens is 1. The summed E-state index contributed by atoms with van der Waals surface area (Å²) in [6.45, 7) is 7.23. The molecule has 3 unspecified atom stereocenters. The summed E-state index contributed by atoms with van der Waals surface area (Å²) in [5, 5.41) is 10.8. The van der Waals surface area contributed by atoms with Crippen LogP contribution in [0.15, 0.2) is 18.2 Å². The summed E-state index contributed by atoms with van der Waals surface area (Å²) in [6.07, 6.45) is 1.13. The first-order valence-corrected chi connectivity index (χ1v) is 6.60. The van der Waals surface area contributed by atoms with Gasteiger partial charge in [0, 0.05) is 24.3 Å². The number of benzene rings is 1. The summed E-state index contributed by atoms with van der Waals surface area (Å²) in [5.41, 5.74) is 0.422. The fraction of sp³-hybridized carbons (Fsp3) is 0.571. The van der Waals surface area contributed by atoms with Gasteiger partial charge in [0.2, 0.25) is 0 Å². The molecule has 0 saturated carbocycles. The second-order valence-electron chi connectivity index (χ2n) is 5.64. The van der Waals surface area contributed by atoms with E-state index in [0.29, 0.717) is 17.5 Å². The van der Waals surface area contributed by atoms with Crippen LogP contribution in [-0.4, -0.2) is 17.5 Å². The van der Waals surface area contributed by atoms with Gasteiger partial charge in [0.25, 0.3) is 5.69 Å². The van der Waals surface area contributed by atoms with E-state index in [2.05, 4.69) is 25.7 Å². The van der Waals surface area contributed by atoms with Gasteiger partial charge < -0.3 is 4.90 Å². The molecule has 0 aromatic heterocycles. The van der Waals surface area contributed by atoms with Crippen LogP contribution in [0.1, 0.15) is 27.2 Å². The molecule has 1 aliphatic heterocycles. The van der Waals surface area contributed by atoms with E-state index in [1.807, 2.05) is 0 Å². The number of nitro groups is 1. The number of nitrogens with zero attached hydrogens (tertiary/aromatic N) is 2. The number of nitro benzene ring substituents is 1. The van der Waals surface area contributed by atoms with Crippen molar-refractivity contribution in [3.8, 4) is 0 Å². The van der Waals surface area contributed by atoms with Crippen LogP contribution in [0.3, 0.4) is 0 Å². The van der Waals surface area contributed by atoms with Gasteiger partial charge in [0.15, 0.2) is 0 Å². The monoisotopic (exact) mass is 266 g/mol. The lowest BCUT2D eigenvalue weighted by Gasteiger charge is -2.42. The van der Waals surface area contributed by atoms with Crippen LogP contribution >= 0.6 is 0 Å². The van der Waals surface area contributed by atoms with Crippen molar-refractivity contribution in [1.29, 1.82) is 0 Å². The molecule has 0 bridgehead atoms. The average molecular weight is 266 g/mol. The number of piperidine rings is 1. The Balaban J connectivity index is 2.37. The molecule has 104 valence electrons. The number of non-ortho nitro benzene ring substituents is 1. The van der Waals surface area contributed by atoms with E-state index in [4.69, 9.17) is 0 Å². The molecular formula is C14H19FN2O2. The van der Waals surface area contributed by atoms with Crippen molar-refractivity contribution in [3.05, 3.63) is 34.1 Å². The summed E-state index contributed by atoms with van der Waals surface area (Å²) in [6, 6.07) is 4.07. The van der Waals surface area contributed by atoms with E-state index in [1.54, 1.807) is 0 Å². The predicted molar refractivity (Wildman–Crippen MR) is 72.8 cm³/mol. The summed E-state index contributed by atoms with van der Waals surface area (Å²) in [5.74, 6) is 0.446. The Morgan fingerprint density at radius 2 is 2.00 bits per heavy atom. The third-order valence-corrected chi connectivity index (χ3v) is 4.01. The molecule has 1 aromatic carbocycles. The van der Waals surface area contributed by atoms with E-state index in [1.165, 1.54) is 12.1 Å². The molecule has 19 heavy (non-hydrogen) atoms. The summed E-state index contributed by atoms with van der Waals surface area (Å²) in [7, 11) is 0. The Hall–Kier alpha value is -1.65. The van der Waals surface area contributed by atoms with Gasteiger partial charge in [0.1, 0.15) is 5.82 Å². The topological polar surface area (TPSA) is 46.4 Å². The molecular weight excluding hydrogens is 247 g/mol. The van der Waals surface area contributed by atoms with Crippen molar-refractivity contribution < 1.29 is 9.31 Å². The minimum Gasteiger partial charge on any atom is -0.368 e. The van der Waals surface area contributed by atoms with Crippen LogP contribution in [0.25, 0.3) is 0 Å². The van der Waals surface area contributed by atoms with Crippen LogP contribution in [-0.2, 0) is 0 Å². The fourth-order valence-electron chi connectivity index (χ4n) is 2.89. The Morgan fingerprint density at radius 1 is 1.32 bits per heavy atom. The first-order valence-electron chi connectivity index (χ1n) is 6.60. The third-order valence-electron chi connectivity index (χ3n) is 4.01. The van der Waals surface area contributed by atoms with Gasteiger partial charge in [-0.15, -0.1) is 0 Å². The normalized spacial score (nSPS) is 27.4. The summed E-state index contributed by atoms with van der Waals surface area (Å²) >= 11 is 0. The van der Waals surface area contributed by atoms with Crippen molar-refractivity contribution in [3.63, 3.8) is 0 Å². The van der Waals surface area contributed by atoms with Crippen LogP contribution in [0.4, 0.5) is 15.8 Å². The van der Waals surface area contributed by atoms with E-state index in [0.717, 1.165) is 19.0 Å². The zero-order valence-electron chi connectivity index (χ0n) is 11.5. The second kappa shape index (κ2) is 5.15. The second-order valence-corrected chi connectivity index (χ2v) is 5.64. The number of anilines is 1. The highest BCUT2D eigenvalue weighted by Gasteiger charge is 2.29. The largest absolute Gasteiger partial charge is 0.368 e. The van der Waals surface area contributed by atoms with Gasteiger partial charge in [-0.2, -0.15) is 0 Å². The van der Waals surface area contributed by atoms with E-state index < -0.39 is 10.7 Å². The minimum atomic E-state index is -0.553. The molecule has 5 heteroatoms. The van der Waals surface area contributed by atoms with Crippen molar-refractivity contribution in [1.82, 2.24) is 0 Å². The van der Waals surface area contributed by atoms with Crippen molar-refractivity contribution in [2.24, 2.45) is 11.8 Å². The van der Waals surface area contributed by atoms with Gasteiger partial charge >= 0.3 is 0 Å². The Labute approximate surface area is 112 Å². The number of rotatable bonds is 2. The minimum absolute atomic E-state index is 0.187. The molecule has 0 amide bonds. The molecule has 0 aliphatic carbocycles. The summed E-state index contributed by atoms with van der Waals surface area (Å²) < 4.78 is 13.5. The fourth-order valence-corrected chi connectivity index (χ4v) is 2.89. The zero-order chi connectivity index (χ0) is 14.2. The zero-order valence-corrected chi connectivity index (χ0v) is 11.5. The lowest BCUT2D eigenvalue weighted by atomic mass is 9.85. The van der Waals surface area contributed by atoms with E-state index in [-0.39, 0.29) is 11.7 Å². The van der Waals surface area contributed by atoms with Crippen LogP contribution in [0, 0.1) is 27.8 Å². The maximum Gasteiger partial charge on any atom is 0.274 e. The van der Waals surface area contributed by atoms with Gasteiger partial charge in [0.05, 0.1) is 11.0 Å². The highest BCUT2D eigenvalue weighted by molar-refractivity contribution is 5.54. The maximum absolute atomic E-state index is 13.5. The Kier molecular flexibility index (Phi) is 3.73. The number of hydrogen-bond donors (Lipinski definition) is 0. The van der Waals surface area contributed by atoms with Gasteiger partial charge in [-0.05, 0) is 31.2 Å². The van der Waals surface area contributed by atoms with Gasteiger partial charge in [-0.1, -0.05) is 13.8 Å².